The molecule has 1 N–H and O–H groups in total. The molecule has 0 radical (unpaired) electrons. The second-order valence-electron chi connectivity index (χ2n) is 2.77. The van der Waals surface area contributed by atoms with Gasteiger partial charge in [-0.2, -0.15) is 0 Å². The van der Waals surface area contributed by atoms with Crippen molar-refractivity contribution in [2.24, 2.45) is 0 Å². The lowest BCUT2D eigenvalue weighted by molar-refractivity contribution is -0.121. The minimum Gasteiger partial charge on any atom is -0.373 e. The molecule has 58 valence electrons. The number of carbonyl (C=O) groups is 1. The number of nitrogens with one attached hydrogen (secondary N) is 1. The van der Waals surface area contributed by atoms with Gasteiger partial charge in [0, 0.05) is 6.54 Å². The van der Waals surface area contributed by atoms with Gasteiger partial charge in [-0.15, -0.1) is 0 Å². The summed E-state index contributed by atoms with van der Waals surface area (Å²) < 4.78 is 5.40. The third-order valence-corrected chi connectivity index (χ3v) is 1.52. The molecule has 10 heavy (non-hydrogen) atoms. The zero-order valence-corrected chi connectivity index (χ0v) is 6.39. The van der Waals surface area contributed by atoms with Crippen molar-refractivity contribution in [1.82, 2.24) is 5.32 Å². The quantitative estimate of drug-likeness (QED) is 0.529. The van der Waals surface area contributed by atoms with Gasteiger partial charge >= 0.3 is 0 Å². The lowest BCUT2D eigenvalue weighted by Gasteiger charge is -2.11. The molecule has 0 aliphatic carbocycles. The van der Waals surface area contributed by atoms with Crippen molar-refractivity contribution in [2.45, 2.75) is 32.5 Å². The summed E-state index contributed by atoms with van der Waals surface area (Å²) >= 11 is 0. The Bertz CT molecular complexity index is 136. The normalized spacial score (nSPS) is 34.8. The molecule has 1 heterocycles. The summed E-state index contributed by atoms with van der Waals surface area (Å²) in [6.07, 6.45) is 0.712. The van der Waals surface area contributed by atoms with Crippen molar-refractivity contribution >= 4 is 5.91 Å². The van der Waals surface area contributed by atoms with Crippen molar-refractivity contribution in [2.75, 3.05) is 6.54 Å². The average Bonchev–Trinajstić information content (AvgIpc) is 1.93. The van der Waals surface area contributed by atoms with Crippen molar-refractivity contribution < 1.29 is 9.53 Å². The Kier molecular flexibility index (Phi) is 2.27. The van der Waals surface area contributed by atoms with Gasteiger partial charge in [-0.05, 0) is 13.8 Å². The molecule has 0 spiro atoms. The van der Waals surface area contributed by atoms with Crippen LogP contribution in [0.4, 0.5) is 0 Å². The summed E-state index contributed by atoms with van der Waals surface area (Å²) in [7, 11) is 0. The molecule has 1 fully saturated rings. The molecule has 1 amide bonds. The number of rotatable bonds is 0. The van der Waals surface area contributed by atoms with Gasteiger partial charge in [0.05, 0.1) is 18.6 Å². The average molecular weight is 143 g/mol. The molecular weight excluding hydrogens is 130 g/mol. The summed E-state index contributed by atoms with van der Waals surface area (Å²) in [4.78, 5) is 10.8. The highest BCUT2D eigenvalue weighted by Gasteiger charge is 2.17. The Morgan fingerprint density at radius 2 is 2.20 bits per heavy atom. The highest BCUT2D eigenvalue weighted by atomic mass is 16.5. The van der Waals surface area contributed by atoms with E-state index in [0.29, 0.717) is 13.0 Å². The van der Waals surface area contributed by atoms with Gasteiger partial charge in [0.15, 0.2) is 0 Å². The number of ether oxygens (including phenoxy) is 1. The maximum absolute atomic E-state index is 10.8. The Balaban J connectivity index is 2.46. The van der Waals surface area contributed by atoms with Crippen LogP contribution in [0.25, 0.3) is 0 Å². The third-order valence-electron chi connectivity index (χ3n) is 1.52. The van der Waals surface area contributed by atoms with Crippen LogP contribution in [0.1, 0.15) is 20.3 Å². The Labute approximate surface area is 60.7 Å². The van der Waals surface area contributed by atoms with Crippen LogP contribution in [-0.2, 0) is 9.53 Å². The number of carbonyl (C=O) groups excluding carboxylic acids is 1. The fraction of sp³-hybridized carbons (Fsp3) is 0.857. The van der Waals surface area contributed by atoms with E-state index < -0.39 is 0 Å². The van der Waals surface area contributed by atoms with E-state index >= 15 is 0 Å². The van der Waals surface area contributed by atoms with Crippen molar-refractivity contribution in [3.63, 3.8) is 0 Å². The number of hydrogen-bond donors (Lipinski definition) is 1. The predicted octanol–water partition coefficient (Wildman–Crippen LogP) is 0.300. The lowest BCUT2D eigenvalue weighted by atomic mass is 10.3. The van der Waals surface area contributed by atoms with E-state index in [1.54, 1.807) is 0 Å². The molecular formula is C7H13NO2. The minimum atomic E-state index is 0.0671. The van der Waals surface area contributed by atoms with Crippen LogP contribution in [-0.4, -0.2) is 24.7 Å². The Hall–Kier alpha value is -0.570. The van der Waals surface area contributed by atoms with Crippen LogP contribution in [0.2, 0.25) is 0 Å². The van der Waals surface area contributed by atoms with E-state index in [-0.39, 0.29) is 18.1 Å². The summed E-state index contributed by atoms with van der Waals surface area (Å²) in [5, 5.41) is 2.76. The molecule has 0 aromatic heterocycles. The fourth-order valence-corrected chi connectivity index (χ4v) is 1.08. The van der Waals surface area contributed by atoms with Gasteiger partial charge < -0.3 is 10.1 Å². The first-order valence-corrected chi connectivity index (χ1v) is 3.60. The molecule has 1 aliphatic heterocycles. The van der Waals surface area contributed by atoms with E-state index in [4.69, 9.17) is 4.74 Å². The van der Waals surface area contributed by atoms with Gasteiger partial charge in [0.25, 0.3) is 0 Å². The van der Waals surface area contributed by atoms with Crippen LogP contribution in [0.15, 0.2) is 0 Å². The van der Waals surface area contributed by atoms with Gasteiger partial charge in [-0.3, -0.25) is 4.79 Å². The molecule has 1 rings (SSSR count). The third kappa shape index (κ3) is 1.99. The summed E-state index contributed by atoms with van der Waals surface area (Å²) in [5.41, 5.74) is 0. The maximum Gasteiger partial charge on any atom is 0.222 e. The Morgan fingerprint density at radius 1 is 1.50 bits per heavy atom. The van der Waals surface area contributed by atoms with E-state index in [1.807, 2.05) is 13.8 Å². The molecule has 2 atom stereocenters. The largest absolute Gasteiger partial charge is 0.373 e. The summed E-state index contributed by atoms with van der Waals surface area (Å²) in [6, 6.07) is 0. The first-order chi connectivity index (χ1) is 4.68. The van der Waals surface area contributed by atoms with Crippen LogP contribution in [0, 0.1) is 0 Å². The second kappa shape index (κ2) is 3.01. The van der Waals surface area contributed by atoms with E-state index in [2.05, 4.69) is 5.32 Å². The monoisotopic (exact) mass is 143 g/mol. The van der Waals surface area contributed by atoms with Gasteiger partial charge in [-0.25, -0.2) is 0 Å². The highest BCUT2D eigenvalue weighted by molar-refractivity contribution is 5.76. The molecule has 0 unspecified atom stereocenters. The van der Waals surface area contributed by atoms with Gasteiger partial charge in [0.2, 0.25) is 5.91 Å². The van der Waals surface area contributed by atoms with E-state index in [1.165, 1.54) is 0 Å². The second-order valence-corrected chi connectivity index (χ2v) is 2.77. The Morgan fingerprint density at radius 3 is 2.90 bits per heavy atom. The molecule has 1 aliphatic rings. The van der Waals surface area contributed by atoms with E-state index in [0.717, 1.165) is 0 Å². The zero-order chi connectivity index (χ0) is 7.56. The lowest BCUT2D eigenvalue weighted by Crippen LogP contribution is -2.27. The van der Waals surface area contributed by atoms with Crippen LogP contribution in [0.3, 0.4) is 0 Å². The molecule has 0 bridgehead atoms. The molecule has 3 heteroatoms. The number of amides is 1. The van der Waals surface area contributed by atoms with Gasteiger partial charge in [0.1, 0.15) is 0 Å². The van der Waals surface area contributed by atoms with Crippen molar-refractivity contribution in [3.05, 3.63) is 0 Å². The first kappa shape index (κ1) is 7.54. The smallest absolute Gasteiger partial charge is 0.222 e. The summed E-state index contributed by atoms with van der Waals surface area (Å²) in [5.74, 6) is 0.0943. The molecule has 0 saturated carbocycles. The first-order valence-electron chi connectivity index (χ1n) is 3.60. The van der Waals surface area contributed by atoms with Crippen LogP contribution in [0.5, 0.6) is 0 Å². The molecule has 1 saturated heterocycles. The molecule has 3 nitrogen and oxygen atoms in total. The van der Waals surface area contributed by atoms with Gasteiger partial charge in [-0.1, -0.05) is 0 Å². The van der Waals surface area contributed by atoms with Crippen molar-refractivity contribution in [3.8, 4) is 0 Å². The topological polar surface area (TPSA) is 38.3 Å². The zero-order valence-electron chi connectivity index (χ0n) is 6.39. The highest BCUT2D eigenvalue weighted by Crippen LogP contribution is 2.05. The van der Waals surface area contributed by atoms with Crippen molar-refractivity contribution in [1.29, 1.82) is 0 Å². The SMILES string of the molecule is C[C@@H]1CC(=O)NC[C@H](C)O1. The molecule has 0 aromatic carbocycles. The van der Waals surface area contributed by atoms with E-state index in [9.17, 15) is 4.79 Å². The predicted molar refractivity (Wildman–Crippen MR) is 37.6 cm³/mol. The molecule has 0 aromatic rings. The van der Waals surface area contributed by atoms with Crippen LogP contribution < -0.4 is 5.32 Å². The minimum absolute atomic E-state index is 0.0671. The maximum atomic E-state index is 10.8. The number of hydrogen-bond acceptors (Lipinski definition) is 2. The summed E-state index contributed by atoms with van der Waals surface area (Å²) in [6.45, 7) is 4.52. The van der Waals surface area contributed by atoms with Crippen LogP contribution >= 0.6 is 0 Å². The fourth-order valence-electron chi connectivity index (χ4n) is 1.08. The standard InChI is InChI=1S/C7H13NO2/c1-5-3-7(9)8-4-6(2)10-5/h5-6H,3-4H2,1-2H3,(H,8,9)/t5-,6+/m1/s1.